The van der Waals surface area contributed by atoms with E-state index < -0.39 is 23.5 Å². The van der Waals surface area contributed by atoms with Gasteiger partial charge in [0.05, 0.1) is 5.92 Å². The summed E-state index contributed by atoms with van der Waals surface area (Å²) in [6.07, 6.45) is -0.0459. The summed E-state index contributed by atoms with van der Waals surface area (Å²) < 4.78 is 6.01. The first kappa shape index (κ1) is 19.9. The van der Waals surface area contributed by atoms with Crippen LogP contribution in [0, 0.1) is 5.92 Å². The van der Waals surface area contributed by atoms with Crippen molar-refractivity contribution in [2.24, 2.45) is 5.92 Å². The quantitative estimate of drug-likeness (QED) is 0.722. The molecule has 1 saturated heterocycles. The van der Waals surface area contributed by atoms with E-state index in [4.69, 9.17) is 16.3 Å². The highest BCUT2D eigenvalue weighted by Crippen LogP contribution is 2.48. The lowest BCUT2D eigenvalue weighted by Gasteiger charge is -2.41. The zero-order chi connectivity index (χ0) is 21.9. The number of ether oxygens (including phenoxy) is 1. The normalized spacial score (nSPS) is 24.1. The summed E-state index contributed by atoms with van der Waals surface area (Å²) in [5, 5.41) is 20.3. The van der Waals surface area contributed by atoms with E-state index in [1.54, 1.807) is 6.07 Å². The summed E-state index contributed by atoms with van der Waals surface area (Å²) >= 11 is 6.10. The van der Waals surface area contributed by atoms with Gasteiger partial charge in [-0.05, 0) is 55.0 Å². The lowest BCUT2D eigenvalue weighted by molar-refractivity contribution is -0.151. The van der Waals surface area contributed by atoms with Crippen molar-refractivity contribution in [3.8, 4) is 16.9 Å². The Hall–Kier alpha value is -3.06. The number of rotatable bonds is 2. The average Bonchev–Trinajstić information content (AvgIpc) is 3.19. The lowest BCUT2D eigenvalue weighted by Crippen LogP contribution is -2.60. The number of nitrogens with zero attached hydrogens (tertiary/aromatic N) is 1. The summed E-state index contributed by atoms with van der Waals surface area (Å²) in [6.45, 7) is 0.452. The highest BCUT2D eigenvalue weighted by molar-refractivity contribution is 6.30. The molecule has 0 spiro atoms. The van der Waals surface area contributed by atoms with E-state index in [-0.39, 0.29) is 25.2 Å². The van der Waals surface area contributed by atoms with Crippen molar-refractivity contribution in [1.29, 1.82) is 0 Å². The molecule has 2 N–H and O–H groups in total. The number of aliphatic carboxylic acids is 1. The Morgan fingerprint density at radius 3 is 2.61 bits per heavy atom. The highest BCUT2D eigenvalue weighted by atomic mass is 35.5. The van der Waals surface area contributed by atoms with E-state index >= 15 is 0 Å². The zero-order valence-electron chi connectivity index (χ0n) is 16.6. The fourth-order valence-electron chi connectivity index (χ4n) is 5.48. The van der Waals surface area contributed by atoms with Crippen LogP contribution in [0.5, 0.6) is 5.75 Å². The Labute approximate surface area is 183 Å². The van der Waals surface area contributed by atoms with Gasteiger partial charge in [0, 0.05) is 28.3 Å². The van der Waals surface area contributed by atoms with Gasteiger partial charge in [-0.1, -0.05) is 23.7 Å². The number of hydrogen-bond donors (Lipinski definition) is 2. The molecule has 2 aliphatic heterocycles. The van der Waals surface area contributed by atoms with Crippen molar-refractivity contribution in [2.45, 2.75) is 37.8 Å². The van der Waals surface area contributed by atoms with Gasteiger partial charge in [0.1, 0.15) is 12.4 Å². The summed E-state index contributed by atoms with van der Waals surface area (Å²) in [5.74, 6) is -1.87. The van der Waals surface area contributed by atoms with Crippen LogP contribution < -0.4 is 4.74 Å². The summed E-state index contributed by atoms with van der Waals surface area (Å²) in [5.41, 5.74) is 2.31. The molecule has 2 unspecified atom stereocenters. The minimum atomic E-state index is -1.72. The van der Waals surface area contributed by atoms with Crippen LogP contribution in [0.3, 0.4) is 0 Å². The van der Waals surface area contributed by atoms with Crippen LogP contribution in [0.15, 0.2) is 30.3 Å². The molecule has 8 heteroatoms. The smallest absolute Gasteiger partial charge is 0.408 e. The van der Waals surface area contributed by atoms with Crippen molar-refractivity contribution >= 4 is 29.4 Å². The molecule has 0 bridgehead atoms. The molecule has 160 valence electrons. The van der Waals surface area contributed by atoms with E-state index in [9.17, 15) is 24.6 Å². The molecule has 31 heavy (non-hydrogen) atoms. The molecule has 0 saturated carbocycles. The maximum absolute atomic E-state index is 13.5. The molecule has 2 aromatic rings. The van der Waals surface area contributed by atoms with E-state index in [1.165, 1.54) is 0 Å². The summed E-state index contributed by atoms with van der Waals surface area (Å²) in [4.78, 5) is 38.5. The summed E-state index contributed by atoms with van der Waals surface area (Å²) in [7, 11) is 0. The van der Waals surface area contributed by atoms with Gasteiger partial charge in [-0.15, -0.1) is 0 Å². The molecular formula is C23H20ClNO6. The van der Waals surface area contributed by atoms with E-state index in [1.807, 2.05) is 24.3 Å². The Morgan fingerprint density at radius 1 is 1.13 bits per heavy atom. The molecule has 2 atom stereocenters. The largest absolute Gasteiger partial charge is 0.488 e. The lowest BCUT2D eigenvalue weighted by atomic mass is 9.69. The predicted octanol–water partition coefficient (Wildman–Crippen LogP) is 4.24. The average molecular weight is 442 g/mol. The third-order valence-corrected chi connectivity index (χ3v) is 7.09. The van der Waals surface area contributed by atoms with Crippen molar-refractivity contribution in [3.63, 3.8) is 0 Å². The molecule has 3 aliphatic rings. The van der Waals surface area contributed by atoms with Gasteiger partial charge < -0.3 is 14.9 Å². The first-order chi connectivity index (χ1) is 14.8. The van der Waals surface area contributed by atoms with Gasteiger partial charge in [-0.25, -0.2) is 9.59 Å². The van der Waals surface area contributed by atoms with Gasteiger partial charge in [-0.3, -0.25) is 9.69 Å². The first-order valence-corrected chi connectivity index (χ1v) is 10.6. The second-order valence-electron chi connectivity index (χ2n) is 8.28. The number of carboxylic acid groups (broad SMARTS) is 2. The van der Waals surface area contributed by atoms with E-state index in [0.29, 0.717) is 35.8 Å². The van der Waals surface area contributed by atoms with Crippen LogP contribution in [0.25, 0.3) is 11.1 Å². The van der Waals surface area contributed by atoms with Crippen molar-refractivity contribution in [2.75, 3.05) is 6.54 Å². The molecule has 0 radical (unpaired) electrons. The molecule has 0 aromatic heterocycles. The van der Waals surface area contributed by atoms with Gasteiger partial charge in [0.25, 0.3) is 0 Å². The van der Waals surface area contributed by atoms with Gasteiger partial charge in [0.15, 0.2) is 11.3 Å². The molecule has 7 nitrogen and oxygen atoms in total. The summed E-state index contributed by atoms with van der Waals surface area (Å²) in [6, 6.07) is 9.13. The number of fused-ring (bicyclic) bond motifs is 5. The van der Waals surface area contributed by atoms with E-state index in [0.717, 1.165) is 27.2 Å². The number of carboxylic acids is 1. The highest BCUT2D eigenvalue weighted by Gasteiger charge is 2.58. The maximum Gasteiger partial charge on any atom is 0.408 e. The van der Waals surface area contributed by atoms with Crippen LogP contribution >= 0.6 is 11.6 Å². The minimum Gasteiger partial charge on any atom is -0.488 e. The SMILES string of the molecule is O=C1c2ccc3c(c2CCC1C1(C(=O)O)CCCN1C(=O)O)OCc1cc(Cl)ccc1-3. The Morgan fingerprint density at radius 2 is 1.87 bits per heavy atom. The second kappa shape index (κ2) is 6.99. The predicted molar refractivity (Wildman–Crippen MR) is 112 cm³/mol. The third kappa shape index (κ3) is 2.76. The molecule has 1 aliphatic carbocycles. The number of carbonyl (C=O) groups excluding carboxylic acids is 1. The molecule has 1 fully saturated rings. The van der Waals surface area contributed by atoms with Crippen LogP contribution in [0.2, 0.25) is 5.02 Å². The Kier molecular flexibility index (Phi) is 4.48. The minimum absolute atomic E-state index is 0.116. The van der Waals surface area contributed by atoms with Gasteiger partial charge in [-0.2, -0.15) is 0 Å². The topological polar surface area (TPSA) is 104 Å². The monoisotopic (exact) mass is 441 g/mol. The van der Waals surface area contributed by atoms with Crippen molar-refractivity contribution in [3.05, 3.63) is 52.0 Å². The molecular weight excluding hydrogens is 422 g/mol. The van der Waals surface area contributed by atoms with Crippen LogP contribution in [-0.4, -0.2) is 45.0 Å². The van der Waals surface area contributed by atoms with Crippen LogP contribution in [0.1, 0.15) is 40.7 Å². The third-order valence-electron chi connectivity index (χ3n) is 6.85. The molecule has 2 aromatic carbocycles. The second-order valence-corrected chi connectivity index (χ2v) is 8.72. The maximum atomic E-state index is 13.5. The number of Topliss-reactive ketones (excluding diaryl/α,β-unsaturated/α-hetero) is 1. The zero-order valence-corrected chi connectivity index (χ0v) is 17.3. The Bertz CT molecular complexity index is 1150. The number of ketones is 1. The van der Waals surface area contributed by atoms with Crippen LogP contribution in [-0.2, 0) is 17.8 Å². The molecule has 5 rings (SSSR count). The van der Waals surface area contributed by atoms with Crippen molar-refractivity contribution in [1.82, 2.24) is 4.90 Å². The Balaban J connectivity index is 1.58. The first-order valence-electron chi connectivity index (χ1n) is 10.2. The fourth-order valence-corrected chi connectivity index (χ4v) is 5.68. The fraction of sp³-hybridized carbons (Fsp3) is 0.348. The number of benzene rings is 2. The van der Waals surface area contributed by atoms with Gasteiger partial charge >= 0.3 is 12.1 Å². The standard InChI is InChI=1S/C23H20ClNO6/c24-13-2-3-14-12(10-13)11-31-20-16(14)5-4-15-17(20)6-7-18(19(15)26)23(21(27)28)8-1-9-25(23)22(29)30/h2-5,10,18H,1,6-9,11H2,(H,27,28)(H,29,30). The number of likely N-dealkylation sites (tertiary alicyclic amines) is 1. The number of halogens is 1. The number of hydrogen-bond acceptors (Lipinski definition) is 4. The molecule has 1 amide bonds. The number of carbonyl (C=O) groups is 3. The molecule has 2 heterocycles. The van der Waals surface area contributed by atoms with Gasteiger partial charge in [0.2, 0.25) is 0 Å². The van der Waals surface area contributed by atoms with Crippen molar-refractivity contribution < 1.29 is 29.3 Å². The van der Waals surface area contributed by atoms with E-state index in [2.05, 4.69) is 0 Å². The number of amides is 1. The van der Waals surface area contributed by atoms with Crippen LogP contribution in [0.4, 0.5) is 4.79 Å².